The van der Waals surface area contributed by atoms with Gasteiger partial charge in [0.2, 0.25) is 11.7 Å². The highest BCUT2D eigenvalue weighted by Gasteiger charge is 2.15. The van der Waals surface area contributed by atoms with E-state index in [-0.39, 0.29) is 24.2 Å². The van der Waals surface area contributed by atoms with Crippen molar-refractivity contribution in [2.24, 2.45) is 0 Å². The van der Waals surface area contributed by atoms with Gasteiger partial charge in [-0.15, -0.1) is 10.2 Å². The Bertz CT molecular complexity index is 1300. The minimum atomic E-state index is -0.311. The monoisotopic (exact) mass is 458 g/mol. The third-order valence-electron chi connectivity index (χ3n) is 4.86. The molecule has 0 aliphatic carbocycles. The first-order chi connectivity index (χ1) is 16.6. The number of nitrogens with one attached hydrogen (secondary N) is 2. The molecule has 2 N–H and O–H groups in total. The number of nitrogens with zero attached hydrogens (tertiary/aromatic N) is 4. The Morgan fingerprint density at radius 2 is 1.65 bits per heavy atom. The van der Waals surface area contributed by atoms with Crippen LogP contribution in [0, 0.1) is 0 Å². The molecule has 0 bridgehead atoms. The Kier molecular flexibility index (Phi) is 6.78. The van der Waals surface area contributed by atoms with Gasteiger partial charge in [0.15, 0.2) is 0 Å². The van der Waals surface area contributed by atoms with Gasteiger partial charge in [0.25, 0.3) is 5.91 Å². The molecule has 0 fully saturated rings. The first kappa shape index (κ1) is 22.5. The maximum Gasteiger partial charge on any atom is 0.255 e. The fraction of sp³-hybridized carbons (Fsp3) is 0.125. The molecule has 10 heteroatoms. The molecule has 0 saturated heterocycles. The van der Waals surface area contributed by atoms with E-state index in [0.717, 1.165) is 0 Å². The predicted octanol–water partition coefficient (Wildman–Crippen LogP) is 3.25. The lowest BCUT2D eigenvalue weighted by molar-refractivity contribution is -0.117. The second-order valence-corrected chi connectivity index (χ2v) is 7.15. The van der Waals surface area contributed by atoms with Crippen LogP contribution >= 0.6 is 0 Å². The number of rotatable bonds is 8. The summed E-state index contributed by atoms with van der Waals surface area (Å²) in [7, 11) is 3.11. The number of para-hydroxylation sites is 1. The van der Waals surface area contributed by atoms with Gasteiger partial charge < -0.3 is 20.1 Å². The molecule has 34 heavy (non-hydrogen) atoms. The summed E-state index contributed by atoms with van der Waals surface area (Å²) in [6, 6.07) is 20.9. The van der Waals surface area contributed by atoms with Crippen molar-refractivity contribution in [3.63, 3.8) is 0 Å². The van der Waals surface area contributed by atoms with Gasteiger partial charge in [0, 0.05) is 16.8 Å². The summed E-state index contributed by atoms with van der Waals surface area (Å²) in [4.78, 5) is 26.3. The molecule has 3 aromatic carbocycles. The normalized spacial score (nSPS) is 10.4. The van der Waals surface area contributed by atoms with Crippen molar-refractivity contribution >= 4 is 23.2 Å². The Hall–Kier alpha value is -4.73. The number of amides is 2. The SMILES string of the molecule is COc1ccc(NC(=O)Cn2nnc(-c3ccccc3NC(=O)c3cccc(OC)c3)n2)cc1. The molecule has 2 amide bonds. The summed E-state index contributed by atoms with van der Waals surface area (Å²) in [5, 5.41) is 18.0. The number of ether oxygens (including phenoxy) is 2. The van der Waals surface area contributed by atoms with Crippen molar-refractivity contribution in [1.29, 1.82) is 0 Å². The quantitative estimate of drug-likeness (QED) is 0.416. The van der Waals surface area contributed by atoms with E-state index < -0.39 is 0 Å². The van der Waals surface area contributed by atoms with Crippen molar-refractivity contribution in [2.45, 2.75) is 6.54 Å². The lowest BCUT2D eigenvalue weighted by Gasteiger charge is -2.09. The number of benzene rings is 3. The van der Waals surface area contributed by atoms with Crippen molar-refractivity contribution in [2.75, 3.05) is 24.9 Å². The van der Waals surface area contributed by atoms with E-state index in [2.05, 4.69) is 26.0 Å². The third kappa shape index (κ3) is 5.36. The second-order valence-electron chi connectivity index (χ2n) is 7.15. The van der Waals surface area contributed by atoms with Crippen LogP contribution in [-0.4, -0.2) is 46.2 Å². The summed E-state index contributed by atoms with van der Waals surface area (Å²) < 4.78 is 10.3. The summed E-state index contributed by atoms with van der Waals surface area (Å²) in [5.74, 6) is 0.932. The van der Waals surface area contributed by atoms with E-state index in [1.54, 1.807) is 87.0 Å². The van der Waals surface area contributed by atoms with Crippen LogP contribution in [0.15, 0.2) is 72.8 Å². The Morgan fingerprint density at radius 3 is 2.41 bits per heavy atom. The van der Waals surface area contributed by atoms with Gasteiger partial charge >= 0.3 is 0 Å². The summed E-state index contributed by atoms with van der Waals surface area (Å²) in [5.41, 5.74) is 2.15. The first-order valence-corrected chi connectivity index (χ1v) is 10.3. The van der Waals surface area contributed by atoms with Crippen molar-refractivity contribution in [3.05, 3.63) is 78.4 Å². The average Bonchev–Trinajstić information content (AvgIpc) is 3.32. The van der Waals surface area contributed by atoms with Gasteiger partial charge in [-0.3, -0.25) is 9.59 Å². The van der Waals surface area contributed by atoms with E-state index in [4.69, 9.17) is 9.47 Å². The van der Waals surface area contributed by atoms with Crippen molar-refractivity contribution < 1.29 is 19.1 Å². The van der Waals surface area contributed by atoms with Crippen LogP contribution in [0.4, 0.5) is 11.4 Å². The molecule has 0 spiro atoms. The maximum atomic E-state index is 12.7. The van der Waals surface area contributed by atoms with Gasteiger partial charge in [-0.1, -0.05) is 18.2 Å². The number of carbonyl (C=O) groups is 2. The fourth-order valence-electron chi connectivity index (χ4n) is 3.17. The minimum absolute atomic E-state index is 0.128. The first-order valence-electron chi connectivity index (χ1n) is 10.3. The third-order valence-corrected chi connectivity index (χ3v) is 4.86. The topological polar surface area (TPSA) is 120 Å². The van der Waals surface area contributed by atoms with Crippen LogP contribution < -0.4 is 20.1 Å². The maximum absolute atomic E-state index is 12.7. The average molecular weight is 458 g/mol. The molecule has 0 aliphatic rings. The molecule has 0 radical (unpaired) electrons. The lowest BCUT2D eigenvalue weighted by atomic mass is 10.1. The zero-order chi connectivity index (χ0) is 23.9. The molecule has 0 unspecified atom stereocenters. The molecule has 4 aromatic rings. The van der Waals surface area contributed by atoms with E-state index >= 15 is 0 Å². The van der Waals surface area contributed by atoms with Crippen LogP contribution in [0.3, 0.4) is 0 Å². The van der Waals surface area contributed by atoms with Gasteiger partial charge in [-0.25, -0.2) is 0 Å². The standard InChI is InChI=1S/C24H22N6O4/c1-33-18-12-10-17(11-13-18)25-22(31)15-30-28-23(27-29-30)20-8-3-4-9-21(20)26-24(32)16-6-5-7-19(14-16)34-2/h3-14H,15H2,1-2H3,(H,25,31)(H,26,32). The summed E-state index contributed by atoms with van der Waals surface area (Å²) in [6.45, 7) is -0.128. The highest BCUT2D eigenvalue weighted by Crippen LogP contribution is 2.25. The number of hydrogen-bond acceptors (Lipinski definition) is 7. The molecule has 0 saturated carbocycles. The van der Waals surface area contributed by atoms with Gasteiger partial charge in [0.1, 0.15) is 18.0 Å². The molecule has 1 aromatic heterocycles. The Balaban J connectivity index is 1.45. The second kappa shape index (κ2) is 10.3. The van der Waals surface area contributed by atoms with Crippen LogP contribution in [-0.2, 0) is 11.3 Å². The predicted molar refractivity (Wildman–Crippen MR) is 126 cm³/mol. The number of aromatic nitrogens is 4. The van der Waals surface area contributed by atoms with Crippen LogP contribution in [0.25, 0.3) is 11.4 Å². The minimum Gasteiger partial charge on any atom is -0.497 e. The van der Waals surface area contributed by atoms with E-state index in [1.165, 1.54) is 4.80 Å². The number of hydrogen-bond donors (Lipinski definition) is 2. The molecule has 172 valence electrons. The number of anilines is 2. The van der Waals surface area contributed by atoms with E-state index in [0.29, 0.717) is 34.0 Å². The molecule has 4 rings (SSSR count). The van der Waals surface area contributed by atoms with Gasteiger partial charge in [-0.05, 0) is 59.8 Å². The zero-order valence-electron chi connectivity index (χ0n) is 18.6. The molecular weight excluding hydrogens is 436 g/mol. The highest BCUT2D eigenvalue weighted by molar-refractivity contribution is 6.06. The largest absolute Gasteiger partial charge is 0.497 e. The number of methoxy groups -OCH3 is 2. The van der Waals surface area contributed by atoms with E-state index in [1.807, 2.05) is 0 Å². The smallest absolute Gasteiger partial charge is 0.255 e. The van der Waals surface area contributed by atoms with Crippen LogP contribution in [0.2, 0.25) is 0 Å². The van der Waals surface area contributed by atoms with Crippen LogP contribution in [0.5, 0.6) is 11.5 Å². The highest BCUT2D eigenvalue weighted by atomic mass is 16.5. The van der Waals surface area contributed by atoms with Crippen LogP contribution in [0.1, 0.15) is 10.4 Å². The van der Waals surface area contributed by atoms with Crippen molar-refractivity contribution in [3.8, 4) is 22.9 Å². The Labute approximate surface area is 195 Å². The molecule has 0 aliphatic heterocycles. The number of tetrazole rings is 1. The fourth-order valence-corrected chi connectivity index (χ4v) is 3.17. The van der Waals surface area contributed by atoms with Gasteiger partial charge in [0.05, 0.1) is 19.9 Å². The molecular formula is C24H22N6O4. The summed E-state index contributed by atoms with van der Waals surface area (Å²) >= 11 is 0. The lowest BCUT2D eigenvalue weighted by Crippen LogP contribution is -2.20. The van der Waals surface area contributed by atoms with Gasteiger partial charge in [-0.2, -0.15) is 4.80 Å². The van der Waals surface area contributed by atoms with Crippen molar-refractivity contribution in [1.82, 2.24) is 20.2 Å². The molecule has 10 nitrogen and oxygen atoms in total. The Morgan fingerprint density at radius 1 is 0.882 bits per heavy atom. The molecule has 0 atom stereocenters. The molecule has 1 heterocycles. The van der Waals surface area contributed by atoms with E-state index in [9.17, 15) is 9.59 Å². The summed E-state index contributed by atoms with van der Waals surface area (Å²) in [6.07, 6.45) is 0. The zero-order valence-corrected chi connectivity index (χ0v) is 18.6. The number of carbonyl (C=O) groups excluding carboxylic acids is 2.